The SMILES string of the molecule is CCC.CCC(Oc1cccc(C)c1)C(=O)O. The van der Waals surface area contributed by atoms with Gasteiger partial charge in [0.15, 0.2) is 6.10 Å². The lowest BCUT2D eigenvalue weighted by Gasteiger charge is -2.13. The van der Waals surface area contributed by atoms with Gasteiger partial charge >= 0.3 is 5.97 Å². The second-order valence-corrected chi connectivity index (χ2v) is 3.88. The molecular weight excluding hydrogens is 216 g/mol. The van der Waals surface area contributed by atoms with Crippen LogP contribution in [0.25, 0.3) is 0 Å². The molecule has 0 fully saturated rings. The van der Waals surface area contributed by atoms with E-state index in [0.29, 0.717) is 12.2 Å². The lowest BCUT2D eigenvalue weighted by molar-refractivity contribution is -0.145. The van der Waals surface area contributed by atoms with Gasteiger partial charge in [0.05, 0.1) is 0 Å². The highest BCUT2D eigenvalue weighted by atomic mass is 16.5. The molecule has 17 heavy (non-hydrogen) atoms. The summed E-state index contributed by atoms with van der Waals surface area (Å²) in [6.07, 6.45) is 0.959. The minimum Gasteiger partial charge on any atom is -0.479 e. The zero-order valence-corrected chi connectivity index (χ0v) is 11.1. The summed E-state index contributed by atoms with van der Waals surface area (Å²) >= 11 is 0. The fraction of sp³-hybridized carbons (Fsp3) is 0.500. The van der Waals surface area contributed by atoms with Gasteiger partial charge in [-0.05, 0) is 31.0 Å². The van der Waals surface area contributed by atoms with Gasteiger partial charge in [-0.3, -0.25) is 0 Å². The monoisotopic (exact) mass is 238 g/mol. The molecule has 3 heteroatoms. The van der Waals surface area contributed by atoms with Gasteiger partial charge in [-0.15, -0.1) is 0 Å². The van der Waals surface area contributed by atoms with Crippen molar-refractivity contribution in [3.63, 3.8) is 0 Å². The Morgan fingerprint density at radius 2 is 1.94 bits per heavy atom. The van der Waals surface area contributed by atoms with Crippen LogP contribution < -0.4 is 4.74 Å². The third-order valence-corrected chi connectivity index (χ3v) is 1.91. The predicted octanol–water partition coefficient (Wildman–Crippen LogP) is 3.65. The number of carboxylic acids is 1. The van der Waals surface area contributed by atoms with Crippen molar-refractivity contribution in [1.29, 1.82) is 0 Å². The van der Waals surface area contributed by atoms with Crippen molar-refractivity contribution in [2.45, 2.75) is 46.6 Å². The Morgan fingerprint density at radius 3 is 2.35 bits per heavy atom. The highest BCUT2D eigenvalue weighted by Crippen LogP contribution is 2.15. The van der Waals surface area contributed by atoms with Crippen LogP contribution in [0.5, 0.6) is 5.75 Å². The van der Waals surface area contributed by atoms with Crippen LogP contribution in [0.15, 0.2) is 24.3 Å². The molecule has 3 nitrogen and oxygen atoms in total. The summed E-state index contributed by atoms with van der Waals surface area (Å²) in [7, 11) is 0. The summed E-state index contributed by atoms with van der Waals surface area (Å²) in [5.41, 5.74) is 1.06. The van der Waals surface area contributed by atoms with E-state index < -0.39 is 12.1 Å². The van der Waals surface area contributed by atoms with E-state index in [4.69, 9.17) is 9.84 Å². The van der Waals surface area contributed by atoms with Crippen molar-refractivity contribution >= 4 is 5.97 Å². The third-order valence-electron chi connectivity index (χ3n) is 1.91. The summed E-state index contributed by atoms with van der Waals surface area (Å²) in [6, 6.07) is 7.37. The molecule has 1 unspecified atom stereocenters. The summed E-state index contributed by atoms with van der Waals surface area (Å²) in [6.45, 7) is 7.98. The number of rotatable bonds is 4. The highest BCUT2D eigenvalue weighted by molar-refractivity contribution is 5.72. The molecule has 0 radical (unpaired) electrons. The Kier molecular flexibility index (Phi) is 7.85. The second-order valence-electron chi connectivity index (χ2n) is 3.88. The quantitative estimate of drug-likeness (QED) is 0.870. The number of hydrogen-bond acceptors (Lipinski definition) is 2. The number of hydrogen-bond donors (Lipinski definition) is 1. The van der Waals surface area contributed by atoms with Crippen LogP contribution in [-0.2, 0) is 4.79 Å². The lowest BCUT2D eigenvalue weighted by Crippen LogP contribution is -2.25. The van der Waals surface area contributed by atoms with E-state index >= 15 is 0 Å². The van der Waals surface area contributed by atoms with Gasteiger partial charge < -0.3 is 9.84 Å². The minimum absolute atomic E-state index is 0.462. The van der Waals surface area contributed by atoms with Crippen molar-refractivity contribution in [2.24, 2.45) is 0 Å². The van der Waals surface area contributed by atoms with Crippen LogP contribution >= 0.6 is 0 Å². The third kappa shape index (κ3) is 6.61. The summed E-state index contributed by atoms with van der Waals surface area (Å²) in [5.74, 6) is -0.312. The molecule has 0 aliphatic rings. The van der Waals surface area contributed by atoms with Gasteiger partial charge in [0.1, 0.15) is 5.75 Å². The van der Waals surface area contributed by atoms with Gasteiger partial charge in [-0.25, -0.2) is 4.79 Å². The fourth-order valence-corrected chi connectivity index (χ4v) is 1.16. The smallest absolute Gasteiger partial charge is 0.344 e. The van der Waals surface area contributed by atoms with E-state index in [-0.39, 0.29) is 0 Å². The standard InChI is InChI=1S/C11H14O3.C3H8/c1-3-10(11(12)13)14-9-6-4-5-8(2)7-9;1-3-2/h4-7,10H,3H2,1-2H3,(H,12,13);3H2,1-2H3. The fourth-order valence-electron chi connectivity index (χ4n) is 1.16. The molecule has 0 saturated heterocycles. The Labute approximate surface area is 103 Å². The molecule has 0 amide bonds. The number of aliphatic carboxylic acids is 1. The van der Waals surface area contributed by atoms with E-state index in [1.807, 2.05) is 25.1 Å². The average molecular weight is 238 g/mol. The van der Waals surface area contributed by atoms with E-state index in [2.05, 4.69) is 13.8 Å². The topological polar surface area (TPSA) is 46.5 Å². The van der Waals surface area contributed by atoms with E-state index in [0.717, 1.165) is 5.56 Å². The second kappa shape index (κ2) is 8.62. The van der Waals surface area contributed by atoms with E-state index in [9.17, 15) is 4.79 Å². The highest BCUT2D eigenvalue weighted by Gasteiger charge is 2.16. The van der Waals surface area contributed by atoms with Gasteiger partial charge in [0, 0.05) is 0 Å². The number of ether oxygens (including phenoxy) is 1. The Hall–Kier alpha value is -1.51. The summed E-state index contributed by atoms with van der Waals surface area (Å²) in [5, 5.41) is 8.78. The van der Waals surface area contributed by atoms with Crippen LogP contribution in [0.4, 0.5) is 0 Å². The number of benzene rings is 1. The van der Waals surface area contributed by atoms with Crippen molar-refractivity contribution in [1.82, 2.24) is 0 Å². The largest absolute Gasteiger partial charge is 0.479 e. The van der Waals surface area contributed by atoms with Crippen LogP contribution in [0.1, 0.15) is 39.2 Å². The van der Waals surface area contributed by atoms with Gasteiger partial charge in [0.2, 0.25) is 0 Å². The zero-order chi connectivity index (χ0) is 13.3. The molecule has 1 aromatic rings. The summed E-state index contributed by atoms with van der Waals surface area (Å²) < 4.78 is 5.31. The van der Waals surface area contributed by atoms with Crippen LogP contribution in [0.2, 0.25) is 0 Å². The number of aryl methyl sites for hydroxylation is 1. The summed E-state index contributed by atoms with van der Waals surface area (Å²) in [4.78, 5) is 10.7. The molecular formula is C14H22O3. The van der Waals surface area contributed by atoms with Crippen molar-refractivity contribution in [3.8, 4) is 5.75 Å². The average Bonchev–Trinajstić information content (AvgIpc) is 2.26. The zero-order valence-electron chi connectivity index (χ0n) is 11.1. The first-order chi connectivity index (χ1) is 8.04. The van der Waals surface area contributed by atoms with Crippen molar-refractivity contribution in [3.05, 3.63) is 29.8 Å². The first kappa shape index (κ1) is 15.5. The Balaban J connectivity index is 0.000000770. The van der Waals surface area contributed by atoms with Crippen molar-refractivity contribution < 1.29 is 14.6 Å². The predicted molar refractivity (Wildman–Crippen MR) is 69.5 cm³/mol. The lowest BCUT2D eigenvalue weighted by atomic mass is 10.2. The molecule has 0 heterocycles. The number of carbonyl (C=O) groups is 1. The Bertz CT molecular complexity index is 334. The molecule has 1 N–H and O–H groups in total. The van der Waals surface area contributed by atoms with Gasteiger partial charge in [0.25, 0.3) is 0 Å². The molecule has 96 valence electrons. The van der Waals surface area contributed by atoms with E-state index in [1.165, 1.54) is 6.42 Å². The molecule has 0 bridgehead atoms. The van der Waals surface area contributed by atoms with Crippen LogP contribution in [0.3, 0.4) is 0 Å². The van der Waals surface area contributed by atoms with Crippen molar-refractivity contribution in [2.75, 3.05) is 0 Å². The van der Waals surface area contributed by atoms with Gasteiger partial charge in [-0.1, -0.05) is 39.3 Å². The maximum absolute atomic E-state index is 10.7. The molecule has 1 aromatic carbocycles. The Morgan fingerprint density at radius 1 is 1.35 bits per heavy atom. The molecule has 0 aromatic heterocycles. The molecule has 0 aliphatic heterocycles. The van der Waals surface area contributed by atoms with E-state index in [1.54, 1.807) is 13.0 Å². The maximum Gasteiger partial charge on any atom is 0.344 e. The maximum atomic E-state index is 10.7. The minimum atomic E-state index is -0.922. The van der Waals surface area contributed by atoms with Gasteiger partial charge in [-0.2, -0.15) is 0 Å². The van der Waals surface area contributed by atoms with Crippen LogP contribution in [0, 0.1) is 6.92 Å². The van der Waals surface area contributed by atoms with Crippen LogP contribution in [-0.4, -0.2) is 17.2 Å². The number of carboxylic acid groups (broad SMARTS) is 1. The normalized spacial score (nSPS) is 11.1. The molecule has 0 aliphatic carbocycles. The molecule has 0 spiro atoms. The first-order valence-electron chi connectivity index (χ1n) is 6.01. The molecule has 0 saturated carbocycles. The molecule has 1 atom stereocenters. The molecule has 1 rings (SSSR count). The first-order valence-corrected chi connectivity index (χ1v) is 6.01.